The van der Waals surface area contributed by atoms with Gasteiger partial charge in [0.1, 0.15) is 5.82 Å². The number of nitrogen functional groups attached to an aromatic ring is 1. The van der Waals surface area contributed by atoms with Crippen molar-refractivity contribution in [3.05, 3.63) is 17.7 Å². The average molecular weight is 278 g/mol. The summed E-state index contributed by atoms with van der Waals surface area (Å²) in [5.74, 6) is 1.05. The first-order valence-corrected chi connectivity index (χ1v) is 7.33. The lowest BCUT2D eigenvalue weighted by molar-refractivity contribution is 0.0920. The Bertz CT molecular complexity index is 455. The van der Waals surface area contributed by atoms with Gasteiger partial charge in [0.15, 0.2) is 5.69 Å². The van der Waals surface area contributed by atoms with Gasteiger partial charge in [-0.15, -0.1) is 0 Å². The van der Waals surface area contributed by atoms with Crippen molar-refractivity contribution in [1.29, 1.82) is 0 Å². The van der Waals surface area contributed by atoms with Crippen molar-refractivity contribution < 1.29 is 4.79 Å². The van der Waals surface area contributed by atoms with Crippen molar-refractivity contribution >= 4 is 11.6 Å². The Kier molecular flexibility index (Phi) is 5.92. The predicted octanol–water partition coefficient (Wildman–Crippen LogP) is 2.74. The summed E-state index contributed by atoms with van der Waals surface area (Å²) in [6.07, 6.45) is 3.59. The molecule has 1 heterocycles. The number of carbonyl (C=O) groups excluding carboxylic acids is 1. The van der Waals surface area contributed by atoms with Gasteiger partial charge in [0.05, 0.1) is 11.9 Å². The highest BCUT2D eigenvalue weighted by molar-refractivity contribution is 5.97. The normalized spacial score (nSPS) is 12.8. The molecule has 0 aliphatic heterocycles. The van der Waals surface area contributed by atoms with Crippen LogP contribution in [-0.4, -0.2) is 21.9 Å². The van der Waals surface area contributed by atoms with E-state index in [2.05, 4.69) is 29.1 Å². The van der Waals surface area contributed by atoms with Gasteiger partial charge in [-0.25, -0.2) is 9.97 Å². The van der Waals surface area contributed by atoms with Crippen LogP contribution >= 0.6 is 0 Å². The first kappa shape index (κ1) is 16.4. The summed E-state index contributed by atoms with van der Waals surface area (Å²) < 4.78 is 0. The Morgan fingerprint density at radius 3 is 2.40 bits per heavy atom. The number of hydrogen-bond acceptors (Lipinski definition) is 4. The number of aromatic nitrogens is 2. The fraction of sp³-hybridized carbons (Fsp3) is 0.667. The lowest BCUT2D eigenvalue weighted by Gasteiger charge is -2.22. The standard InChI is InChI=1S/C15H26N4O/c1-6-11(7-2)10(5)18-15(20)13-12(16)8-17-14(19-13)9(3)4/h8-11H,6-7,16H2,1-5H3,(H,18,20). The fourth-order valence-corrected chi connectivity index (χ4v) is 2.25. The summed E-state index contributed by atoms with van der Waals surface area (Å²) in [5, 5.41) is 3.00. The summed E-state index contributed by atoms with van der Waals surface area (Å²) in [4.78, 5) is 20.7. The van der Waals surface area contributed by atoms with Crippen LogP contribution in [0.15, 0.2) is 6.20 Å². The lowest BCUT2D eigenvalue weighted by atomic mass is 9.95. The molecule has 1 rings (SSSR count). The molecule has 0 fully saturated rings. The van der Waals surface area contributed by atoms with Crippen LogP contribution in [0.4, 0.5) is 5.69 Å². The summed E-state index contributed by atoms with van der Waals surface area (Å²) in [6.45, 7) is 10.3. The third kappa shape index (κ3) is 3.92. The Morgan fingerprint density at radius 1 is 1.30 bits per heavy atom. The Hall–Kier alpha value is -1.65. The second-order valence-corrected chi connectivity index (χ2v) is 5.53. The van der Waals surface area contributed by atoms with Crippen molar-refractivity contribution in [1.82, 2.24) is 15.3 Å². The number of anilines is 1. The molecule has 1 aromatic rings. The van der Waals surface area contributed by atoms with Crippen LogP contribution in [0, 0.1) is 5.92 Å². The maximum absolute atomic E-state index is 12.3. The maximum atomic E-state index is 12.3. The Labute approximate surface area is 121 Å². The average Bonchev–Trinajstić information content (AvgIpc) is 2.40. The number of carbonyl (C=O) groups is 1. The molecule has 0 aromatic carbocycles. The van der Waals surface area contributed by atoms with E-state index in [1.807, 2.05) is 20.8 Å². The van der Waals surface area contributed by atoms with E-state index in [9.17, 15) is 4.79 Å². The van der Waals surface area contributed by atoms with E-state index < -0.39 is 0 Å². The minimum absolute atomic E-state index is 0.106. The largest absolute Gasteiger partial charge is 0.396 e. The van der Waals surface area contributed by atoms with E-state index in [1.165, 1.54) is 6.20 Å². The molecule has 1 aromatic heterocycles. The van der Waals surface area contributed by atoms with E-state index in [4.69, 9.17) is 5.73 Å². The molecule has 5 heteroatoms. The highest BCUT2D eigenvalue weighted by Gasteiger charge is 2.20. The molecule has 0 saturated heterocycles. The third-order valence-electron chi connectivity index (χ3n) is 3.68. The molecule has 1 amide bonds. The fourth-order valence-electron chi connectivity index (χ4n) is 2.25. The molecule has 1 unspecified atom stereocenters. The second kappa shape index (κ2) is 7.22. The first-order chi connectivity index (χ1) is 9.40. The van der Waals surface area contributed by atoms with Gasteiger partial charge in [0.2, 0.25) is 0 Å². The highest BCUT2D eigenvalue weighted by Crippen LogP contribution is 2.16. The summed E-state index contributed by atoms with van der Waals surface area (Å²) in [7, 11) is 0. The summed E-state index contributed by atoms with van der Waals surface area (Å²) >= 11 is 0. The smallest absolute Gasteiger partial charge is 0.272 e. The minimum Gasteiger partial charge on any atom is -0.396 e. The number of hydrogen-bond donors (Lipinski definition) is 2. The molecule has 1 atom stereocenters. The van der Waals surface area contributed by atoms with Gasteiger partial charge >= 0.3 is 0 Å². The van der Waals surface area contributed by atoms with Gasteiger partial charge in [-0.3, -0.25) is 4.79 Å². The molecule has 20 heavy (non-hydrogen) atoms. The van der Waals surface area contributed by atoms with Crippen molar-refractivity contribution in [3.63, 3.8) is 0 Å². The van der Waals surface area contributed by atoms with Crippen LogP contribution in [-0.2, 0) is 0 Å². The minimum atomic E-state index is -0.216. The van der Waals surface area contributed by atoms with Crippen molar-refractivity contribution in [3.8, 4) is 0 Å². The maximum Gasteiger partial charge on any atom is 0.272 e. The zero-order valence-electron chi connectivity index (χ0n) is 13.1. The van der Waals surface area contributed by atoms with Gasteiger partial charge in [-0.2, -0.15) is 0 Å². The van der Waals surface area contributed by atoms with Crippen LogP contribution in [0.5, 0.6) is 0 Å². The molecular formula is C15H26N4O. The van der Waals surface area contributed by atoms with E-state index in [0.717, 1.165) is 12.8 Å². The Morgan fingerprint density at radius 2 is 1.90 bits per heavy atom. The number of amides is 1. The molecule has 0 aliphatic rings. The molecule has 0 spiro atoms. The zero-order valence-corrected chi connectivity index (χ0v) is 13.1. The number of rotatable bonds is 6. The topological polar surface area (TPSA) is 80.9 Å². The predicted molar refractivity (Wildman–Crippen MR) is 81.5 cm³/mol. The molecule has 0 radical (unpaired) electrons. The van der Waals surface area contributed by atoms with Crippen molar-refractivity contribution in [2.75, 3.05) is 5.73 Å². The lowest BCUT2D eigenvalue weighted by Crippen LogP contribution is -2.38. The van der Waals surface area contributed by atoms with Crippen molar-refractivity contribution in [2.24, 2.45) is 5.92 Å². The highest BCUT2D eigenvalue weighted by atomic mass is 16.2. The van der Waals surface area contributed by atoms with Crippen LogP contribution in [0.3, 0.4) is 0 Å². The van der Waals surface area contributed by atoms with Gasteiger partial charge in [-0.1, -0.05) is 40.5 Å². The van der Waals surface area contributed by atoms with Crippen LogP contribution in [0.2, 0.25) is 0 Å². The molecule has 3 N–H and O–H groups in total. The van der Waals surface area contributed by atoms with Crippen molar-refractivity contribution in [2.45, 2.75) is 59.4 Å². The number of nitrogens with two attached hydrogens (primary N) is 1. The summed E-state index contributed by atoms with van der Waals surface area (Å²) in [6, 6.07) is 0.106. The quantitative estimate of drug-likeness (QED) is 0.838. The molecule has 5 nitrogen and oxygen atoms in total. The van der Waals surface area contributed by atoms with Crippen LogP contribution in [0.25, 0.3) is 0 Å². The molecular weight excluding hydrogens is 252 g/mol. The molecule has 112 valence electrons. The Balaban J connectivity index is 2.89. The number of nitrogens with zero attached hydrogens (tertiary/aromatic N) is 2. The second-order valence-electron chi connectivity index (χ2n) is 5.53. The van der Waals surface area contributed by atoms with Gasteiger partial charge < -0.3 is 11.1 Å². The van der Waals surface area contributed by atoms with Crippen LogP contribution in [0.1, 0.15) is 69.7 Å². The summed E-state index contributed by atoms with van der Waals surface area (Å²) in [5.41, 5.74) is 6.42. The molecule has 0 aliphatic carbocycles. The van der Waals surface area contributed by atoms with E-state index in [-0.39, 0.29) is 23.6 Å². The zero-order chi connectivity index (χ0) is 15.3. The number of nitrogens with one attached hydrogen (secondary N) is 1. The molecule has 0 saturated carbocycles. The SMILES string of the molecule is CCC(CC)C(C)NC(=O)c1nc(C(C)C)ncc1N. The van der Waals surface area contributed by atoms with Crippen LogP contribution < -0.4 is 11.1 Å². The molecule has 0 bridgehead atoms. The van der Waals surface area contributed by atoms with E-state index in [0.29, 0.717) is 17.4 Å². The monoisotopic (exact) mass is 278 g/mol. The van der Waals surface area contributed by atoms with Gasteiger partial charge in [-0.05, 0) is 12.8 Å². The van der Waals surface area contributed by atoms with Gasteiger partial charge in [0, 0.05) is 12.0 Å². The first-order valence-electron chi connectivity index (χ1n) is 7.33. The van der Waals surface area contributed by atoms with E-state index >= 15 is 0 Å². The third-order valence-corrected chi connectivity index (χ3v) is 3.68. The van der Waals surface area contributed by atoms with Gasteiger partial charge in [0.25, 0.3) is 5.91 Å². The van der Waals surface area contributed by atoms with E-state index in [1.54, 1.807) is 0 Å².